The molecule has 7 heteroatoms. The van der Waals surface area contributed by atoms with E-state index in [0.717, 1.165) is 6.54 Å². The molecule has 2 rings (SSSR count). The number of H-pyrrole nitrogens is 1. The number of aromatic amines is 1. The molecule has 0 amide bonds. The molecule has 0 aliphatic rings. The van der Waals surface area contributed by atoms with Crippen LogP contribution in [0.25, 0.3) is 11.5 Å². The third kappa shape index (κ3) is 3.50. The van der Waals surface area contributed by atoms with Gasteiger partial charge in [0, 0.05) is 12.0 Å². The summed E-state index contributed by atoms with van der Waals surface area (Å²) < 4.78 is 0. The Labute approximate surface area is 123 Å². The van der Waals surface area contributed by atoms with E-state index >= 15 is 0 Å². The van der Waals surface area contributed by atoms with Crippen LogP contribution < -0.4 is 5.32 Å². The first kappa shape index (κ1) is 14.8. The third-order valence-corrected chi connectivity index (χ3v) is 3.26. The highest BCUT2D eigenvalue weighted by Gasteiger charge is 2.20. The van der Waals surface area contributed by atoms with E-state index in [0.29, 0.717) is 17.3 Å². The molecule has 0 aliphatic heterocycles. The van der Waals surface area contributed by atoms with E-state index in [1.807, 2.05) is 19.1 Å². The zero-order chi connectivity index (χ0) is 15.3. The van der Waals surface area contributed by atoms with Crippen LogP contribution in [-0.2, 0) is 0 Å². The number of anilines is 1. The molecule has 0 bridgehead atoms. The fourth-order valence-corrected chi connectivity index (χ4v) is 2.01. The van der Waals surface area contributed by atoms with Crippen molar-refractivity contribution in [1.82, 2.24) is 30.8 Å². The Balaban J connectivity index is 2.03. The summed E-state index contributed by atoms with van der Waals surface area (Å²) in [4.78, 5) is 0. The van der Waals surface area contributed by atoms with Crippen LogP contribution in [0.4, 0.5) is 5.82 Å². The molecule has 2 N–H and O–H groups in total. The Bertz CT molecular complexity index is 611. The number of hydrogen-bond donors (Lipinski definition) is 2. The van der Waals surface area contributed by atoms with Crippen LogP contribution in [0.1, 0.15) is 20.8 Å². The van der Waals surface area contributed by atoms with Crippen LogP contribution >= 0.6 is 0 Å². The van der Waals surface area contributed by atoms with Gasteiger partial charge >= 0.3 is 0 Å². The molecule has 0 radical (unpaired) electrons. The number of hydrogen-bond acceptors (Lipinski definition) is 6. The number of tetrazole rings is 1. The van der Waals surface area contributed by atoms with Gasteiger partial charge in [-0.3, -0.25) is 0 Å². The predicted molar refractivity (Wildman–Crippen MR) is 81.4 cm³/mol. The van der Waals surface area contributed by atoms with Crippen LogP contribution in [0.2, 0.25) is 0 Å². The number of allylic oxidation sites excluding steroid dienone is 2. The monoisotopic (exact) mass is 285 g/mol. The summed E-state index contributed by atoms with van der Waals surface area (Å²) in [7, 11) is 0. The minimum Gasteiger partial charge on any atom is -0.368 e. The standard InChI is InChI=1S/C14H19N7/c1-5-10(6-2)14(3,4)9-15-12-8-7-11(16-17-12)13-18-20-21-19-13/h5-8H,1,9H2,2-4H3,(H,15,17)(H,18,19,20,21)/b10-6+. The smallest absolute Gasteiger partial charge is 0.224 e. The van der Waals surface area contributed by atoms with Crippen molar-refractivity contribution in [3.05, 3.63) is 36.4 Å². The molecule has 2 aromatic heterocycles. The van der Waals surface area contributed by atoms with Crippen LogP contribution in [0, 0.1) is 5.41 Å². The zero-order valence-corrected chi connectivity index (χ0v) is 12.5. The summed E-state index contributed by atoms with van der Waals surface area (Å²) in [5.74, 6) is 1.13. The molecule has 7 nitrogen and oxygen atoms in total. The van der Waals surface area contributed by atoms with Gasteiger partial charge in [-0.05, 0) is 29.8 Å². The fraction of sp³-hybridized carbons (Fsp3) is 0.357. The van der Waals surface area contributed by atoms with E-state index in [-0.39, 0.29) is 5.41 Å². The van der Waals surface area contributed by atoms with Crippen LogP contribution in [0.3, 0.4) is 0 Å². The molecular formula is C14H19N7. The molecule has 0 spiro atoms. The Morgan fingerprint density at radius 2 is 2.14 bits per heavy atom. The Hall–Kier alpha value is -2.57. The summed E-state index contributed by atoms with van der Waals surface area (Å²) in [6.07, 6.45) is 3.95. The molecule has 110 valence electrons. The SMILES string of the molecule is C=C/C(=C\C)C(C)(C)CNc1ccc(-c2nn[nH]n2)nn1. The highest BCUT2D eigenvalue weighted by atomic mass is 15.5. The average Bonchev–Trinajstić information content (AvgIpc) is 3.01. The first-order valence-corrected chi connectivity index (χ1v) is 6.67. The van der Waals surface area contributed by atoms with Crippen molar-refractivity contribution in [2.45, 2.75) is 20.8 Å². The second-order valence-corrected chi connectivity index (χ2v) is 5.22. The second kappa shape index (κ2) is 6.25. The summed E-state index contributed by atoms with van der Waals surface area (Å²) >= 11 is 0. The van der Waals surface area contributed by atoms with Gasteiger partial charge in [-0.25, -0.2) is 0 Å². The molecular weight excluding hydrogens is 266 g/mol. The maximum Gasteiger partial charge on any atom is 0.224 e. The number of rotatable bonds is 6. The van der Waals surface area contributed by atoms with E-state index in [2.05, 4.69) is 62.6 Å². The lowest BCUT2D eigenvalue weighted by atomic mass is 9.84. The molecule has 2 heterocycles. The van der Waals surface area contributed by atoms with Crippen molar-refractivity contribution in [2.75, 3.05) is 11.9 Å². The highest BCUT2D eigenvalue weighted by molar-refractivity contribution is 5.49. The second-order valence-electron chi connectivity index (χ2n) is 5.22. The van der Waals surface area contributed by atoms with Crippen LogP contribution in [-0.4, -0.2) is 37.4 Å². The quantitative estimate of drug-likeness (QED) is 0.791. The number of nitrogens with zero attached hydrogens (tertiary/aromatic N) is 5. The summed E-state index contributed by atoms with van der Waals surface area (Å²) in [6, 6.07) is 3.65. The van der Waals surface area contributed by atoms with E-state index < -0.39 is 0 Å². The molecule has 0 atom stereocenters. The van der Waals surface area contributed by atoms with Crippen molar-refractivity contribution in [2.24, 2.45) is 5.41 Å². The predicted octanol–water partition coefficient (Wildman–Crippen LogP) is 2.23. The number of nitrogens with one attached hydrogen (secondary N) is 2. The first-order chi connectivity index (χ1) is 10.1. The lowest BCUT2D eigenvalue weighted by Crippen LogP contribution is -2.25. The molecule has 0 aromatic carbocycles. The minimum absolute atomic E-state index is 0.0372. The van der Waals surface area contributed by atoms with Crippen LogP contribution in [0.5, 0.6) is 0 Å². The van der Waals surface area contributed by atoms with Gasteiger partial charge in [-0.2, -0.15) is 5.21 Å². The maximum absolute atomic E-state index is 4.12. The Kier molecular flexibility index (Phi) is 4.42. The average molecular weight is 285 g/mol. The van der Waals surface area contributed by atoms with Gasteiger partial charge in [0.15, 0.2) is 0 Å². The van der Waals surface area contributed by atoms with E-state index in [4.69, 9.17) is 0 Å². The van der Waals surface area contributed by atoms with Gasteiger partial charge in [-0.1, -0.05) is 32.6 Å². The normalized spacial score (nSPS) is 12.2. The van der Waals surface area contributed by atoms with Gasteiger partial charge in [0.1, 0.15) is 11.5 Å². The van der Waals surface area contributed by atoms with Crippen LogP contribution in [0.15, 0.2) is 36.4 Å². The van der Waals surface area contributed by atoms with Crippen molar-refractivity contribution < 1.29 is 0 Å². The van der Waals surface area contributed by atoms with Crippen molar-refractivity contribution in [3.63, 3.8) is 0 Å². The molecule has 21 heavy (non-hydrogen) atoms. The first-order valence-electron chi connectivity index (χ1n) is 6.67. The zero-order valence-electron chi connectivity index (χ0n) is 12.5. The van der Waals surface area contributed by atoms with E-state index in [1.54, 1.807) is 6.07 Å². The van der Waals surface area contributed by atoms with Crippen molar-refractivity contribution in [1.29, 1.82) is 0 Å². The third-order valence-electron chi connectivity index (χ3n) is 3.26. The van der Waals surface area contributed by atoms with Crippen molar-refractivity contribution in [3.8, 4) is 11.5 Å². The summed E-state index contributed by atoms with van der Waals surface area (Å²) in [5, 5.41) is 25.1. The largest absolute Gasteiger partial charge is 0.368 e. The molecule has 0 saturated heterocycles. The molecule has 2 aromatic rings. The van der Waals surface area contributed by atoms with Gasteiger partial charge in [-0.15, -0.1) is 20.4 Å². The van der Waals surface area contributed by atoms with E-state index in [9.17, 15) is 0 Å². The van der Waals surface area contributed by atoms with Gasteiger partial charge in [0.2, 0.25) is 5.82 Å². The highest BCUT2D eigenvalue weighted by Crippen LogP contribution is 2.27. The fourth-order valence-electron chi connectivity index (χ4n) is 2.01. The molecule has 0 unspecified atom stereocenters. The van der Waals surface area contributed by atoms with E-state index in [1.165, 1.54) is 5.57 Å². The van der Waals surface area contributed by atoms with Crippen molar-refractivity contribution >= 4 is 5.82 Å². The topological polar surface area (TPSA) is 92.3 Å². The Morgan fingerprint density at radius 1 is 1.33 bits per heavy atom. The minimum atomic E-state index is -0.0372. The lowest BCUT2D eigenvalue weighted by molar-refractivity contribution is 0.486. The summed E-state index contributed by atoms with van der Waals surface area (Å²) in [5.41, 5.74) is 1.73. The van der Waals surface area contributed by atoms with Gasteiger partial charge in [0.05, 0.1) is 0 Å². The number of aromatic nitrogens is 6. The molecule has 0 fully saturated rings. The van der Waals surface area contributed by atoms with Gasteiger partial charge < -0.3 is 5.32 Å². The lowest BCUT2D eigenvalue weighted by Gasteiger charge is -2.26. The Morgan fingerprint density at radius 3 is 2.67 bits per heavy atom. The maximum atomic E-state index is 4.12. The molecule has 0 saturated carbocycles. The molecule has 0 aliphatic carbocycles. The van der Waals surface area contributed by atoms with Gasteiger partial charge in [0.25, 0.3) is 0 Å². The summed E-state index contributed by atoms with van der Waals surface area (Å²) in [6.45, 7) is 10.9.